The van der Waals surface area contributed by atoms with E-state index in [2.05, 4.69) is 5.32 Å². The van der Waals surface area contributed by atoms with Gasteiger partial charge in [0.15, 0.2) is 0 Å². The molecule has 0 aromatic heterocycles. The molecule has 0 unspecified atom stereocenters. The summed E-state index contributed by atoms with van der Waals surface area (Å²) in [5.41, 5.74) is 2.68. The highest BCUT2D eigenvalue weighted by molar-refractivity contribution is 5.89. The number of ether oxygens (including phenoxy) is 1. The van der Waals surface area contributed by atoms with Gasteiger partial charge in [-0.3, -0.25) is 9.59 Å². The van der Waals surface area contributed by atoms with Crippen LogP contribution in [0.4, 0.5) is 0 Å². The molecule has 2 amide bonds. The highest BCUT2D eigenvalue weighted by Gasteiger charge is 2.31. The third-order valence-corrected chi connectivity index (χ3v) is 5.46. The fraction of sp³-hybridized carbons (Fsp3) is 0.310. The number of carbonyl (C=O) groups excluding carboxylic acids is 2. The van der Waals surface area contributed by atoms with E-state index >= 15 is 0 Å². The second-order valence-electron chi connectivity index (χ2n) is 8.55. The zero-order valence-electron chi connectivity index (χ0n) is 20.0. The van der Waals surface area contributed by atoms with Crippen LogP contribution in [-0.2, 0) is 27.3 Å². The maximum atomic E-state index is 13.6. The maximum Gasteiger partial charge on any atom is 0.247 e. The normalized spacial score (nSPS) is 11.7. The molecule has 5 nitrogen and oxygen atoms in total. The molecular formula is C29H34N2O3. The van der Waals surface area contributed by atoms with Gasteiger partial charge in [-0.25, -0.2) is 0 Å². The largest absolute Gasteiger partial charge is 0.379 e. The monoisotopic (exact) mass is 458 g/mol. The Bertz CT molecular complexity index is 1010. The molecule has 3 aromatic rings. The van der Waals surface area contributed by atoms with Crippen LogP contribution in [0.5, 0.6) is 0 Å². The molecule has 34 heavy (non-hydrogen) atoms. The Hall–Kier alpha value is -3.44. The fourth-order valence-corrected chi connectivity index (χ4v) is 3.78. The van der Waals surface area contributed by atoms with Crippen LogP contribution in [0, 0.1) is 0 Å². The minimum atomic E-state index is -0.733. The lowest BCUT2D eigenvalue weighted by molar-refractivity contribution is -0.141. The van der Waals surface area contributed by atoms with Crippen molar-refractivity contribution in [3.63, 3.8) is 0 Å². The van der Waals surface area contributed by atoms with Gasteiger partial charge in [0.25, 0.3) is 0 Å². The van der Waals surface area contributed by atoms with Crippen molar-refractivity contribution < 1.29 is 14.3 Å². The third-order valence-electron chi connectivity index (χ3n) is 5.46. The van der Waals surface area contributed by atoms with Gasteiger partial charge in [0.2, 0.25) is 11.8 Å². The molecular weight excluding hydrogens is 424 g/mol. The van der Waals surface area contributed by atoms with E-state index < -0.39 is 6.04 Å². The average Bonchev–Trinajstić information content (AvgIpc) is 2.85. The van der Waals surface area contributed by atoms with Crippen molar-refractivity contribution in [2.75, 3.05) is 13.2 Å². The fourth-order valence-electron chi connectivity index (χ4n) is 3.78. The van der Waals surface area contributed by atoms with Crippen molar-refractivity contribution in [1.82, 2.24) is 10.2 Å². The number of nitrogens with zero attached hydrogens (tertiary/aromatic N) is 1. The lowest BCUT2D eigenvalue weighted by Gasteiger charge is -2.32. The van der Waals surface area contributed by atoms with E-state index in [4.69, 9.17) is 4.74 Å². The van der Waals surface area contributed by atoms with Gasteiger partial charge in [-0.15, -0.1) is 0 Å². The lowest BCUT2D eigenvalue weighted by Crippen LogP contribution is -2.44. The summed E-state index contributed by atoms with van der Waals surface area (Å²) in [6, 6.07) is 28.2. The van der Waals surface area contributed by atoms with Crippen LogP contribution in [0.15, 0.2) is 91.0 Å². The number of amides is 2. The summed E-state index contributed by atoms with van der Waals surface area (Å²) in [7, 11) is 0. The predicted molar refractivity (Wildman–Crippen MR) is 135 cm³/mol. The van der Waals surface area contributed by atoms with Crippen molar-refractivity contribution >= 4 is 11.8 Å². The maximum absolute atomic E-state index is 13.6. The predicted octanol–water partition coefficient (Wildman–Crippen LogP) is 4.93. The molecule has 0 aliphatic heterocycles. The first kappa shape index (κ1) is 25.2. The van der Waals surface area contributed by atoms with E-state index in [9.17, 15) is 9.59 Å². The van der Waals surface area contributed by atoms with Crippen LogP contribution in [0.1, 0.15) is 43.0 Å². The van der Waals surface area contributed by atoms with Crippen LogP contribution in [0.25, 0.3) is 0 Å². The molecule has 0 fully saturated rings. The van der Waals surface area contributed by atoms with Gasteiger partial charge < -0.3 is 15.0 Å². The van der Waals surface area contributed by atoms with E-state index in [0.717, 1.165) is 16.7 Å². The first-order valence-corrected chi connectivity index (χ1v) is 11.9. The highest BCUT2D eigenvalue weighted by Crippen LogP contribution is 2.25. The lowest BCUT2D eigenvalue weighted by atomic mass is 10.0. The Balaban J connectivity index is 1.85. The van der Waals surface area contributed by atoms with Crippen LogP contribution in [0.3, 0.4) is 0 Å². The van der Waals surface area contributed by atoms with Crippen molar-refractivity contribution in [3.05, 3.63) is 108 Å². The molecule has 0 radical (unpaired) electrons. The molecule has 178 valence electrons. The second-order valence-corrected chi connectivity index (χ2v) is 8.55. The first-order chi connectivity index (χ1) is 16.5. The number of hydrogen-bond acceptors (Lipinski definition) is 3. The van der Waals surface area contributed by atoms with E-state index in [1.807, 2.05) is 105 Å². The Kier molecular flexibility index (Phi) is 9.86. The standard InChI is InChI=1S/C29H34N2O3/c1-23(2)34-20-12-19-30-29(33)28(26-17-10-5-11-18-26)31(22-25-15-8-4-9-16-25)27(32)21-24-13-6-3-7-14-24/h3-11,13-18,23,28H,12,19-22H2,1-2H3,(H,30,33)/t28-/m0/s1. The topological polar surface area (TPSA) is 58.6 Å². The van der Waals surface area contributed by atoms with Gasteiger partial charge in [0.05, 0.1) is 12.5 Å². The van der Waals surface area contributed by atoms with Gasteiger partial charge in [-0.05, 0) is 37.0 Å². The summed E-state index contributed by atoms with van der Waals surface area (Å²) >= 11 is 0. The molecule has 0 saturated heterocycles. The number of rotatable bonds is 12. The molecule has 1 atom stereocenters. The van der Waals surface area contributed by atoms with Gasteiger partial charge >= 0.3 is 0 Å². The minimum absolute atomic E-state index is 0.0952. The molecule has 1 N–H and O–H groups in total. The van der Waals surface area contributed by atoms with Gasteiger partial charge in [-0.2, -0.15) is 0 Å². The van der Waals surface area contributed by atoms with E-state index in [0.29, 0.717) is 26.1 Å². The van der Waals surface area contributed by atoms with Crippen LogP contribution >= 0.6 is 0 Å². The quantitative estimate of drug-likeness (QED) is 0.392. The van der Waals surface area contributed by atoms with E-state index in [1.165, 1.54) is 0 Å². The van der Waals surface area contributed by atoms with E-state index in [-0.39, 0.29) is 24.3 Å². The van der Waals surface area contributed by atoms with Gasteiger partial charge in [-0.1, -0.05) is 91.0 Å². The van der Waals surface area contributed by atoms with E-state index in [1.54, 1.807) is 4.90 Å². The molecule has 3 rings (SSSR count). The Labute approximate surface area is 202 Å². The SMILES string of the molecule is CC(C)OCCCNC(=O)[C@H](c1ccccc1)N(Cc1ccccc1)C(=O)Cc1ccccc1. The molecule has 3 aromatic carbocycles. The van der Waals surface area contributed by atoms with Gasteiger partial charge in [0.1, 0.15) is 6.04 Å². The number of benzene rings is 3. The number of nitrogens with one attached hydrogen (secondary N) is 1. The van der Waals surface area contributed by atoms with Crippen LogP contribution in [-0.4, -0.2) is 36.0 Å². The molecule has 0 bridgehead atoms. The zero-order valence-corrected chi connectivity index (χ0v) is 20.0. The first-order valence-electron chi connectivity index (χ1n) is 11.9. The summed E-state index contributed by atoms with van der Waals surface area (Å²) in [5, 5.41) is 3.03. The average molecular weight is 459 g/mol. The Morgan fingerprint density at radius 2 is 1.38 bits per heavy atom. The summed E-state index contributed by atoms with van der Waals surface area (Å²) in [6.07, 6.45) is 1.10. The summed E-state index contributed by atoms with van der Waals surface area (Å²) in [5.74, 6) is -0.282. The third kappa shape index (κ3) is 7.85. The van der Waals surface area contributed by atoms with Crippen LogP contribution in [0.2, 0.25) is 0 Å². The van der Waals surface area contributed by atoms with Crippen molar-refractivity contribution in [2.45, 2.75) is 45.4 Å². The van der Waals surface area contributed by atoms with Gasteiger partial charge in [0, 0.05) is 19.7 Å². The van der Waals surface area contributed by atoms with Crippen molar-refractivity contribution in [2.24, 2.45) is 0 Å². The summed E-state index contributed by atoms with van der Waals surface area (Å²) in [6.45, 7) is 5.39. The Morgan fingerprint density at radius 1 is 0.824 bits per heavy atom. The Morgan fingerprint density at radius 3 is 1.97 bits per heavy atom. The summed E-state index contributed by atoms with van der Waals surface area (Å²) in [4.78, 5) is 28.8. The smallest absolute Gasteiger partial charge is 0.247 e. The van der Waals surface area contributed by atoms with Crippen molar-refractivity contribution in [1.29, 1.82) is 0 Å². The molecule has 0 spiro atoms. The van der Waals surface area contributed by atoms with Crippen LogP contribution < -0.4 is 5.32 Å². The molecule has 0 aliphatic carbocycles. The molecule has 0 heterocycles. The second kappa shape index (κ2) is 13.3. The molecule has 0 aliphatic rings. The molecule has 5 heteroatoms. The zero-order chi connectivity index (χ0) is 24.2. The van der Waals surface area contributed by atoms with Crippen molar-refractivity contribution in [3.8, 4) is 0 Å². The summed E-state index contributed by atoms with van der Waals surface area (Å²) < 4.78 is 5.58. The molecule has 0 saturated carbocycles. The minimum Gasteiger partial charge on any atom is -0.379 e. The number of hydrogen-bond donors (Lipinski definition) is 1. The highest BCUT2D eigenvalue weighted by atomic mass is 16.5. The number of carbonyl (C=O) groups is 2.